The Morgan fingerprint density at radius 2 is 1.72 bits per heavy atom. The summed E-state index contributed by atoms with van der Waals surface area (Å²) in [6, 6.07) is 15.2. The van der Waals surface area contributed by atoms with Crippen molar-refractivity contribution in [2.45, 2.75) is 44.5 Å². The minimum absolute atomic E-state index is 0.0737. The molecule has 0 radical (unpaired) electrons. The van der Waals surface area contributed by atoms with Crippen LogP contribution in [0.5, 0.6) is 0 Å². The van der Waals surface area contributed by atoms with Gasteiger partial charge in [-0.2, -0.15) is 4.31 Å². The van der Waals surface area contributed by atoms with Crippen LogP contribution in [0.4, 0.5) is 5.69 Å². The molecule has 4 rings (SSSR count). The minimum Gasteiger partial charge on any atom is -0.368 e. The van der Waals surface area contributed by atoms with Gasteiger partial charge < -0.3 is 9.80 Å². The molecule has 1 amide bonds. The maximum absolute atomic E-state index is 13.5. The summed E-state index contributed by atoms with van der Waals surface area (Å²) in [4.78, 5) is 15.6. The molecule has 0 saturated carbocycles. The average Bonchev–Trinajstić information content (AvgIpc) is 2.78. The highest BCUT2D eigenvalue weighted by molar-refractivity contribution is 7.89. The molecule has 172 valence electrons. The molecule has 2 aromatic rings. The van der Waals surface area contributed by atoms with Gasteiger partial charge in [-0.1, -0.05) is 48.0 Å². The number of sulfonamides is 1. The zero-order chi connectivity index (χ0) is 22.9. The van der Waals surface area contributed by atoms with Crippen molar-refractivity contribution in [2.24, 2.45) is 0 Å². The van der Waals surface area contributed by atoms with Crippen molar-refractivity contribution in [3.63, 3.8) is 0 Å². The molecule has 2 atom stereocenters. The van der Waals surface area contributed by atoms with Gasteiger partial charge in [0.1, 0.15) is 5.25 Å². The van der Waals surface area contributed by atoms with Crippen molar-refractivity contribution in [1.29, 1.82) is 0 Å². The summed E-state index contributed by atoms with van der Waals surface area (Å²) in [6.45, 7) is 6.73. The lowest BCUT2D eigenvalue weighted by atomic mass is 10.0. The van der Waals surface area contributed by atoms with E-state index in [4.69, 9.17) is 11.6 Å². The van der Waals surface area contributed by atoms with Crippen molar-refractivity contribution in [1.82, 2.24) is 9.21 Å². The largest absolute Gasteiger partial charge is 0.368 e. The number of amides is 1. The van der Waals surface area contributed by atoms with Crippen molar-refractivity contribution >= 4 is 33.2 Å². The number of carbonyl (C=O) groups excluding carboxylic acids is 1. The van der Waals surface area contributed by atoms with Gasteiger partial charge in [-0.25, -0.2) is 8.42 Å². The maximum Gasteiger partial charge on any atom is 0.221 e. The van der Waals surface area contributed by atoms with E-state index in [1.54, 1.807) is 11.2 Å². The van der Waals surface area contributed by atoms with Gasteiger partial charge in [0.25, 0.3) is 0 Å². The molecule has 1 unspecified atom stereocenters. The minimum atomic E-state index is -3.50. The molecule has 8 heteroatoms. The standard InChI is InChI=1S/C24H30ClN3O3S/c1-18-8-11-24(20-6-4-3-5-7-20)32(30,31)28(18)17-21-9-10-22(16-23(21)25)27-14-12-26(13-15-27)19(2)29/h3-7,9-10,16,18,24H,8,11-15,17H2,1-2H3/t18-,24?/m0/s1. The predicted molar refractivity (Wildman–Crippen MR) is 128 cm³/mol. The van der Waals surface area contributed by atoms with Gasteiger partial charge in [0.05, 0.1) is 0 Å². The van der Waals surface area contributed by atoms with Crippen LogP contribution in [0, 0.1) is 0 Å². The second kappa shape index (κ2) is 9.41. The van der Waals surface area contributed by atoms with Gasteiger partial charge >= 0.3 is 0 Å². The average molecular weight is 476 g/mol. The van der Waals surface area contributed by atoms with Crippen LogP contribution < -0.4 is 4.90 Å². The fourth-order valence-corrected chi connectivity index (χ4v) is 7.08. The number of nitrogens with zero attached hydrogens (tertiary/aromatic N) is 3. The highest BCUT2D eigenvalue weighted by atomic mass is 35.5. The Morgan fingerprint density at radius 1 is 1.03 bits per heavy atom. The van der Waals surface area contributed by atoms with Crippen LogP contribution in [0.2, 0.25) is 5.02 Å². The quantitative estimate of drug-likeness (QED) is 0.669. The number of anilines is 1. The Morgan fingerprint density at radius 3 is 2.34 bits per heavy atom. The predicted octanol–water partition coefficient (Wildman–Crippen LogP) is 4.06. The van der Waals surface area contributed by atoms with Gasteiger partial charge in [-0.15, -0.1) is 0 Å². The highest BCUT2D eigenvalue weighted by Crippen LogP contribution is 2.39. The molecule has 6 nitrogen and oxygen atoms in total. The van der Waals surface area contributed by atoms with Crippen molar-refractivity contribution in [2.75, 3.05) is 31.1 Å². The van der Waals surface area contributed by atoms with Crippen molar-refractivity contribution < 1.29 is 13.2 Å². The second-order valence-electron chi connectivity index (χ2n) is 8.68. The molecule has 0 bridgehead atoms. The first kappa shape index (κ1) is 23.1. The lowest BCUT2D eigenvalue weighted by molar-refractivity contribution is -0.129. The first-order chi connectivity index (χ1) is 15.3. The van der Waals surface area contributed by atoms with Crippen LogP contribution in [0.15, 0.2) is 48.5 Å². The van der Waals surface area contributed by atoms with E-state index in [9.17, 15) is 13.2 Å². The number of piperazine rings is 1. The second-order valence-corrected chi connectivity index (χ2v) is 11.2. The summed E-state index contributed by atoms with van der Waals surface area (Å²) in [7, 11) is -3.50. The summed E-state index contributed by atoms with van der Waals surface area (Å²) in [6.07, 6.45) is 1.44. The van der Waals surface area contributed by atoms with Crippen LogP contribution in [-0.2, 0) is 21.4 Å². The number of hydrogen-bond donors (Lipinski definition) is 0. The molecule has 2 saturated heterocycles. The number of hydrogen-bond acceptors (Lipinski definition) is 4. The fraction of sp³-hybridized carbons (Fsp3) is 0.458. The van der Waals surface area contributed by atoms with Crippen LogP contribution in [0.3, 0.4) is 0 Å². The normalized spacial score (nSPS) is 23.8. The van der Waals surface area contributed by atoms with Gasteiger partial charge in [-0.3, -0.25) is 4.79 Å². The Labute approximate surface area is 195 Å². The van der Waals surface area contributed by atoms with E-state index in [1.807, 2.05) is 60.4 Å². The molecule has 0 aromatic heterocycles. The Bertz CT molecular complexity index is 1070. The third kappa shape index (κ3) is 4.65. The first-order valence-corrected chi connectivity index (χ1v) is 13.0. The van der Waals surface area contributed by atoms with Crippen LogP contribution in [0.1, 0.15) is 43.1 Å². The fourth-order valence-electron chi connectivity index (χ4n) is 4.66. The molecule has 0 spiro atoms. The van der Waals surface area contributed by atoms with Gasteiger partial charge in [0.2, 0.25) is 15.9 Å². The van der Waals surface area contributed by atoms with Gasteiger partial charge in [0, 0.05) is 56.4 Å². The molecule has 2 heterocycles. The van der Waals surface area contributed by atoms with Crippen LogP contribution in [-0.4, -0.2) is 55.8 Å². The van der Waals surface area contributed by atoms with Gasteiger partial charge in [0.15, 0.2) is 0 Å². The zero-order valence-electron chi connectivity index (χ0n) is 18.6. The maximum atomic E-state index is 13.5. The third-order valence-electron chi connectivity index (χ3n) is 6.65. The monoisotopic (exact) mass is 475 g/mol. The number of carbonyl (C=O) groups is 1. The van der Waals surface area contributed by atoms with E-state index in [0.717, 1.165) is 36.3 Å². The van der Waals surface area contributed by atoms with Crippen LogP contribution in [0.25, 0.3) is 0 Å². The molecule has 0 aliphatic carbocycles. The number of benzene rings is 2. The Hall–Kier alpha value is -2.09. The molecular formula is C24H30ClN3O3S. The molecular weight excluding hydrogens is 446 g/mol. The zero-order valence-corrected chi connectivity index (χ0v) is 20.1. The molecule has 2 aliphatic heterocycles. The highest BCUT2D eigenvalue weighted by Gasteiger charge is 2.40. The Kier molecular flexibility index (Phi) is 6.79. The third-order valence-corrected chi connectivity index (χ3v) is 9.37. The van der Waals surface area contributed by atoms with Gasteiger partial charge in [-0.05, 0) is 43.0 Å². The molecule has 2 aliphatic rings. The molecule has 2 fully saturated rings. The summed E-state index contributed by atoms with van der Waals surface area (Å²) in [5.74, 6) is 0.101. The number of rotatable bonds is 4. The van der Waals surface area contributed by atoms with E-state index < -0.39 is 15.3 Å². The lowest BCUT2D eigenvalue weighted by Gasteiger charge is -2.38. The molecule has 0 N–H and O–H groups in total. The van der Waals surface area contributed by atoms with E-state index >= 15 is 0 Å². The van der Waals surface area contributed by atoms with Crippen LogP contribution >= 0.6 is 11.6 Å². The van der Waals surface area contributed by atoms with Crippen molar-refractivity contribution in [3.05, 3.63) is 64.7 Å². The van der Waals surface area contributed by atoms with Crippen molar-refractivity contribution in [3.8, 4) is 0 Å². The lowest BCUT2D eigenvalue weighted by Crippen LogP contribution is -2.48. The summed E-state index contributed by atoms with van der Waals surface area (Å²) < 4.78 is 28.6. The number of halogens is 1. The van der Waals surface area contributed by atoms with E-state index in [2.05, 4.69) is 4.90 Å². The first-order valence-electron chi connectivity index (χ1n) is 11.1. The van der Waals surface area contributed by atoms with E-state index in [0.29, 0.717) is 24.5 Å². The van der Waals surface area contributed by atoms with E-state index in [1.165, 1.54) is 0 Å². The summed E-state index contributed by atoms with van der Waals surface area (Å²) >= 11 is 6.63. The smallest absolute Gasteiger partial charge is 0.221 e. The summed E-state index contributed by atoms with van der Waals surface area (Å²) in [5, 5.41) is 0.0521. The summed E-state index contributed by atoms with van der Waals surface area (Å²) in [5.41, 5.74) is 2.65. The van der Waals surface area contributed by atoms with E-state index in [-0.39, 0.29) is 18.5 Å². The molecule has 32 heavy (non-hydrogen) atoms. The SMILES string of the molecule is CC(=O)N1CCN(c2ccc(CN3[C@@H](C)CCC(c4ccccc4)S3(=O)=O)c(Cl)c2)CC1. The topological polar surface area (TPSA) is 60.9 Å². The molecule has 2 aromatic carbocycles. The Balaban J connectivity index is 1.51.